The number of benzene rings is 2. The average Bonchev–Trinajstić information content (AvgIpc) is 2.46. The van der Waals surface area contributed by atoms with Crippen molar-refractivity contribution < 1.29 is 9.53 Å². The monoisotopic (exact) mass is 333 g/mol. The molecule has 0 unspecified atom stereocenters. The summed E-state index contributed by atoms with van der Waals surface area (Å²) in [4.78, 5) is 11.7. The second-order valence-corrected chi connectivity index (χ2v) is 5.23. The van der Waals surface area contributed by atoms with Crippen LogP contribution >= 0.6 is 15.9 Å². The number of hydrogen-bond donors (Lipinski definition) is 1. The minimum absolute atomic E-state index is 0.0130. The molecular formula is C16H16BrNO2. The molecule has 0 atom stereocenters. The Kier molecular flexibility index (Phi) is 5.62. The number of ether oxygens (including phenoxy) is 1. The van der Waals surface area contributed by atoms with Crippen LogP contribution in [0, 0.1) is 0 Å². The Morgan fingerprint density at radius 3 is 2.65 bits per heavy atom. The Morgan fingerprint density at radius 2 is 1.90 bits per heavy atom. The van der Waals surface area contributed by atoms with Crippen LogP contribution in [0.25, 0.3) is 0 Å². The Bertz CT molecular complexity index is 557. The van der Waals surface area contributed by atoms with E-state index in [2.05, 4.69) is 21.2 Å². The first kappa shape index (κ1) is 14.6. The van der Waals surface area contributed by atoms with Gasteiger partial charge in [-0.3, -0.25) is 4.79 Å². The third-order valence-corrected chi connectivity index (χ3v) is 3.21. The highest BCUT2D eigenvalue weighted by molar-refractivity contribution is 9.10. The molecule has 3 nitrogen and oxygen atoms in total. The van der Waals surface area contributed by atoms with Crippen molar-refractivity contribution >= 4 is 21.8 Å². The van der Waals surface area contributed by atoms with E-state index in [1.807, 2.05) is 54.6 Å². The number of halogens is 1. The number of para-hydroxylation sites is 1. The van der Waals surface area contributed by atoms with Crippen molar-refractivity contribution in [3.8, 4) is 5.75 Å². The van der Waals surface area contributed by atoms with Gasteiger partial charge in [-0.2, -0.15) is 0 Å². The standard InChI is InChI=1S/C16H16BrNO2/c17-14-6-4-5-13(11-14)12-18-16(19)9-10-20-15-7-2-1-3-8-15/h1-8,11H,9-10,12H2,(H,18,19). The zero-order valence-corrected chi connectivity index (χ0v) is 12.6. The number of carbonyl (C=O) groups excluding carboxylic acids is 1. The lowest BCUT2D eigenvalue weighted by atomic mass is 10.2. The van der Waals surface area contributed by atoms with Gasteiger partial charge in [0.25, 0.3) is 0 Å². The molecule has 0 radical (unpaired) electrons. The van der Waals surface area contributed by atoms with Crippen molar-refractivity contribution in [3.05, 3.63) is 64.6 Å². The lowest BCUT2D eigenvalue weighted by Gasteiger charge is -2.07. The first-order valence-electron chi connectivity index (χ1n) is 6.43. The molecule has 1 N–H and O–H groups in total. The quantitative estimate of drug-likeness (QED) is 0.878. The van der Waals surface area contributed by atoms with Crippen molar-refractivity contribution in [1.29, 1.82) is 0 Å². The molecule has 0 aliphatic rings. The van der Waals surface area contributed by atoms with Gasteiger partial charge in [-0.05, 0) is 29.8 Å². The van der Waals surface area contributed by atoms with E-state index in [4.69, 9.17) is 4.74 Å². The SMILES string of the molecule is O=C(CCOc1ccccc1)NCc1cccc(Br)c1. The van der Waals surface area contributed by atoms with E-state index in [9.17, 15) is 4.79 Å². The van der Waals surface area contributed by atoms with Gasteiger partial charge in [-0.15, -0.1) is 0 Å². The van der Waals surface area contributed by atoms with Crippen LogP contribution in [0.4, 0.5) is 0 Å². The summed E-state index contributed by atoms with van der Waals surface area (Å²) in [5, 5.41) is 2.87. The summed E-state index contributed by atoms with van der Waals surface area (Å²) in [5.74, 6) is 0.771. The van der Waals surface area contributed by atoms with Gasteiger partial charge in [0.1, 0.15) is 5.75 Å². The lowest BCUT2D eigenvalue weighted by molar-refractivity contribution is -0.121. The molecule has 0 saturated heterocycles. The number of nitrogens with one attached hydrogen (secondary N) is 1. The molecule has 2 rings (SSSR count). The fourth-order valence-corrected chi connectivity index (χ4v) is 2.16. The molecule has 0 aromatic heterocycles. The zero-order valence-electron chi connectivity index (χ0n) is 11.0. The lowest BCUT2D eigenvalue weighted by Crippen LogP contribution is -2.24. The van der Waals surface area contributed by atoms with Gasteiger partial charge in [0, 0.05) is 11.0 Å². The summed E-state index contributed by atoms with van der Waals surface area (Å²) in [5.41, 5.74) is 1.07. The molecule has 2 aromatic carbocycles. The predicted octanol–water partition coefficient (Wildman–Crippen LogP) is 3.53. The Balaban J connectivity index is 1.68. The van der Waals surface area contributed by atoms with Crippen LogP contribution in [0.15, 0.2) is 59.1 Å². The fraction of sp³-hybridized carbons (Fsp3) is 0.188. The second-order valence-electron chi connectivity index (χ2n) is 4.32. The Labute approximate surface area is 127 Å². The van der Waals surface area contributed by atoms with Crippen LogP contribution in [-0.2, 0) is 11.3 Å². The van der Waals surface area contributed by atoms with E-state index in [0.29, 0.717) is 19.6 Å². The van der Waals surface area contributed by atoms with Gasteiger partial charge >= 0.3 is 0 Å². The molecule has 1 amide bonds. The summed E-state index contributed by atoms with van der Waals surface area (Å²) in [6.45, 7) is 0.915. The maximum atomic E-state index is 11.7. The number of rotatable bonds is 6. The van der Waals surface area contributed by atoms with Crippen LogP contribution in [0.1, 0.15) is 12.0 Å². The average molecular weight is 334 g/mol. The van der Waals surface area contributed by atoms with Crippen LogP contribution in [0.2, 0.25) is 0 Å². The van der Waals surface area contributed by atoms with Gasteiger partial charge in [0.15, 0.2) is 0 Å². The van der Waals surface area contributed by atoms with Crippen molar-refractivity contribution in [1.82, 2.24) is 5.32 Å². The Morgan fingerprint density at radius 1 is 1.10 bits per heavy atom. The minimum atomic E-state index is -0.0130. The maximum Gasteiger partial charge on any atom is 0.223 e. The number of carbonyl (C=O) groups is 1. The molecule has 0 bridgehead atoms. The highest BCUT2D eigenvalue weighted by atomic mass is 79.9. The molecule has 0 aliphatic heterocycles. The summed E-state index contributed by atoms with van der Waals surface area (Å²) >= 11 is 3.40. The maximum absolute atomic E-state index is 11.7. The largest absolute Gasteiger partial charge is 0.493 e. The molecule has 0 heterocycles. The predicted molar refractivity (Wildman–Crippen MR) is 82.5 cm³/mol. The highest BCUT2D eigenvalue weighted by Gasteiger charge is 2.02. The molecule has 0 fully saturated rings. The van der Waals surface area contributed by atoms with Gasteiger partial charge < -0.3 is 10.1 Å². The molecule has 20 heavy (non-hydrogen) atoms. The third-order valence-electron chi connectivity index (χ3n) is 2.72. The highest BCUT2D eigenvalue weighted by Crippen LogP contribution is 2.11. The fourth-order valence-electron chi connectivity index (χ4n) is 1.71. The van der Waals surface area contributed by atoms with Crippen LogP contribution in [0.5, 0.6) is 5.75 Å². The van der Waals surface area contributed by atoms with Crippen LogP contribution in [-0.4, -0.2) is 12.5 Å². The molecular weight excluding hydrogens is 318 g/mol. The van der Waals surface area contributed by atoms with E-state index >= 15 is 0 Å². The van der Waals surface area contributed by atoms with E-state index < -0.39 is 0 Å². The third kappa shape index (κ3) is 5.05. The van der Waals surface area contributed by atoms with Crippen molar-refractivity contribution in [2.45, 2.75) is 13.0 Å². The molecule has 0 spiro atoms. The minimum Gasteiger partial charge on any atom is -0.493 e. The van der Waals surface area contributed by atoms with E-state index in [1.54, 1.807) is 0 Å². The van der Waals surface area contributed by atoms with Gasteiger partial charge in [0.2, 0.25) is 5.91 Å². The van der Waals surface area contributed by atoms with Crippen LogP contribution in [0.3, 0.4) is 0 Å². The van der Waals surface area contributed by atoms with Crippen molar-refractivity contribution in [2.24, 2.45) is 0 Å². The number of amides is 1. The van der Waals surface area contributed by atoms with E-state index in [1.165, 1.54) is 0 Å². The van der Waals surface area contributed by atoms with Gasteiger partial charge in [-0.25, -0.2) is 0 Å². The second kappa shape index (κ2) is 7.70. The van der Waals surface area contributed by atoms with Crippen molar-refractivity contribution in [3.63, 3.8) is 0 Å². The Hall–Kier alpha value is -1.81. The molecule has 4 heteroatoms. The molecule has 0 aliphatic carbocycles. The first-order valence-corrected chi connectivity index (χ1v) is 7.22. The molecule has 2 aromatic rings. The summed E-state index contributed by atoms with van der Waals surface area (Å²) in [6.07, 6.45) is 0.350. The topological polar surface area (TPSA) is 38.3 Å². The summed E-state index contributed by atoms with van der Waals surface area (Å²) in [7, 11) is 0. The van der Waals surface area contributed by atoms with E-state index in [0.717, 1.165) is 15.8 Å². The summed E-state index contributed by atoms with van der Waals surface area (Å²) in [6, 6.07) is 17.4. The molecule has 104 valence electrons. The van der Waals surface area contributed by atoms with Gasteiger partial charge in [0.05, 0.1) is 13.0 Å². The zero-order chi connectivity index (χ0) is 14.2. The first-order chi connectivity index (χ1) is 9.74. The smallest absolute Gasteiger partial charge is 0.223 e. The van der Waals surface area contributed by atoms with E-state index in [-0.39, 0.29) is 5.91 Å². The molecule has 0 saturated carbocycles. The van der Waals surface area contributed by atoms with Crippen molar-refractivity contribution in [2.75, 3.05) is 6.61 Å². The summed E-state index contributed by atoms with van der Waals surface area (Å²) < 4.78 is 6.49. The normalized spacial score (nSPS) is 10.1. The van der Waals surface area contributed by atoms with Gasteiger partial charge in [-0.1, -0.05) is 46.3 Å². The number of hydrogen-bond acceptors (Lipinski definition) is 2. The van der Waals surface area contributed by atoms with Crippen LogP contribution < -0.4 is 10.1 Å².